The molecular weight excluding hydrogens is 530 g/mol. The summed E-state index contributed by atoms with van der Waals surface area (Å²) >= 11 is 0. The first-order valence-electron chi connectivity index (χ1n) is 13.7. The highest BCUT2D eigenvalue weighted by atomic mass is 16.5. The topological polar surface area (TPSA) is 154 Å². The van der Waals surface area contributed by atoms with E-state index in [0.29, 0.717) is 60.3 Å². The average molecular weight is 568 g/mol. The van der Waals surface area contributed by atoms with Crippen molar-refractivity contribution in [1.29, 1.82) is 0 Å². The number of fused-ring (bicyclic) bond motifs is 5. The summed E-state index contributed by atoms with van der Waals surface area (Å²) in [5, 5.41) is 9.73. The number of rotatable bonds is 6. The highest BCUT2D eigenvalue weighted by Crippen LogP contribution is 2.33. The van der Waals surface area contributed by atoms with Crippen LogP contribution in [0.3, 0.4) is 0 Å². The molecule has 0 aliphatic carbocycles. The number of methoxy groups -OCH3 is 1. The normalized spacial score (nSPS) is 16.8. The second-order valence-corrected chi connectivity index (χ2v) is 10.2. The molecule has 3 aromatic rings. The number of oxazole rings is 1. The van der Waals surface area contributed by atoms with Crippen LogP contribution >= 0.6 is 0 Å². The van der Waals surface area contributed by atoms with E-state index < -0.39 is 11.9 Å². The van der Waals surface area contributed by atoms with E-state index in [0.717, 1.165) is 0 Å². The van der Waals surface area contributed by atoms with Crippen molar-refractivity contribution in [3.05, 3.63) is 42.3 Å². The van der Waals surface area contributed by atoms with Gasteiger partial charge in [-0.2, -0.15) is 5.10 Å². The Morgan fingerprint density at radius 3 is 2.83 bits per heavy atom. The zero-order valence-electron chi connectivity index (χ0n) is 23.9. The Bertz CT molecular complexity index is 1340. The predicted molar refractivity (Wildman–Crippen MR) is 148 cm³/mol. The van der Waals surface area contributed by atoms with Crippen LogP contribution in [-0.4, -0.2) is 75.2 Å². The minimum absolute atomic E-state index is 0.128. The molecule has 3 heterocycles. The maximum Gasteiger partial charge on any atom is 0.243 e. The minimum Gasteiger partial charge on any atom is -0.493 e. The van der Waals surface area contributed by atoms with Crippen LogP contribution in [0.1, 0.15) is 44.6 Å². The largest absolute Gasteiger partial charge is 0.493 e. The summed E-state index contributed by atoms with van der Waals surface area (Å²) in [5.41, 5.74) is 1.27. The molecule has 13 nitrogen and oxygen atoms in total. The number of aromatic nitrogens is 4. The molecule has 220 valence electrons. The van der Waals surface area contributed by atoms with Crippen molar-refractivity contribution in [1.82, 2.24) is 35.3 Å². The first kappa shape index (κ1) is 29.6. The van der Waals surface area contributed by atoms with Gasteiger partial charge in [0.1, 0.15) is 30.2 Å². The predicted octanol–water partition coefficient (Wildman–Crippen LogP) is 2.10. The van der Waals surface area contributed by atoms with E-state index in [1.807, 2.05) is 19.9 Å². The van der Waals surface area contributed by atoms with Crippen molar-refractivity contribution < 1.29 is 28.3 Å². The van der Waals surface area contributed by atoms with Crippen molar-refractivity contribution in [3.8, 4) is 23.0 Å². The van der Waals surface area contributed by atoms with Gasteiger partial charge in [-0.15, -0.1) is 0 Å². The maximum atomic E-state index is 13.2. The molecule has 4 bridgehead atoms. The molecule has 1 atom stereocenters. The number of aryl methyl sites for hydroxylation is 2. The first-order valence-corrected chi connectivity index (χ1v) is 13.7. The van der Waals surface area contributed by atoms with Gasteiger partial charge in [-0.1, -0.05) is 13.8 Å². The molecule has 0 saturated carbocycles. The molecule has 0 fully saturated rings. The van der Waals surface area contributed by atoms with Crippen molar-refractivity contribution >= 4 is 17.7 Å². The molecule has 0 radical (unpaired) electrons. The quantitative estimate of drug-likeness (QED) is 0.456. The first-order chi connectivity index (χ1) is 19.7. The number of carbonyl (C=O) groups is 3. The molecule has 1 aromatic carbocycles. The number of amides is 3. The van der Waals surface area contributed by atoms with E-state index in [-0.39, 0.29) is 43.8 Å². The summed E-state index contributed by atoms with van der Waals surface area (Å²) in [5.74, 6) is 0.880. The molecule has 0 saturated heterocycles. The number of hydrogen-bond donors (Lipinski definition) is 2. The zero-order valence-corrected chi connectivity index (χ0v) is 23.9. The summed E-state index contributed by atoms with van der Waals surface area (Å²) in [6.45, 7) is 6.53. The van der Waals surface area contributed by atoms with Crippen LogP contribution in [0.2, 0.25) is 0 Å². The Kier molecular flexibility index (Phi) is 9.93. The van der Waals surface area contributed by atoms with E-state index in [2.05, 4.69) is 25.7 Å². The smallest absolute Gasteiger partial charge is 0.243 e. The molecule has 1 aliphatic heterocycles. The number of ether oxygens (including phenoxy) is 2. The van der Waals surface area contributed by atoms with Gasteiger partial charge in [0.05, 0.1) is 26.8 Å². The van der Waals surface area contributed by atoms with E-state index >= 15 is 0 Å². The molecule has 3 amide bonds. The van der Waals surface area contributed by atoms with Crippen molar-refractivity contribution in [2.24, 2.45) is 5.92 Å². The van der Waals surface area contributed by atoms with Gasteiger partial charge in [0.2, 0.25) is 23.6 Å². The number of nitrogens with one attached hydrogen (secondary N) is 2. The average Bonchev–Trinajstić information content (AvgIpc) is 3.60. The molecule has 41 heavy (non-hydrogen) atoms. The monoisotopic (exact) mass is 567 g/mol. The summed E-state index contributed by atoms with van der Waals surface area (Å²) in [7, 11) is 1.55. The summed E-state index contributed by atoms with van der Waals surface area (Å²) < 4.78 is 19.0. The SMILES string of the molecule is COc1ccc2cc1OCCCN(C(=O)CCCn1cncn1)CC(=O)N[C@@H](C(C)C)C(=O)NCc1nc-2oc1C. The Morgan fingerprint density at radius 1 is 1.27 bits per heavy atom. The number of benzene rings is 1. The standard InChI is InChI=1S/C28H37N7O6/c1-18(2)26-27(38)30-14-21-19(3)41-28(32-21)20-8-9-22(39-4)23(13-20)40-12-6-10-34(15-24(36)33-26)25(37)7-5-11-35-17-29-16-31-35/h8-9,13,16-18,26H,5-7,10-12,14-15H2,1-4H3,(H,30,38)(H,33,36)/t26-/m0/s1. The fraction of sp³-hybridized carbons (Fsp3) is 0.500. The highest BCUT2D eigenvalue weighted by molar-refractivity contribution is 5.90. The van der Waals surface area contributed by atoms with Gasteiger partial charge in [0, 0.05) is 25.1 Å². The van der Waals surface area contributed by atoms with Crippen LogP contribution in [0.15, 0.2) is 35.3 Å². The lowest BCUT2D eigenvalue weighted by Crippen LogP contribution is -2.52. The highest BCUT2D eigenvalue weighted by Gasteiger charge is 2.27. The van der Waals surface area contributed by atoms with Gasteiger partial charge in [-0.25, -0.2) is 9.97 Å². The van der Waals surface area contributed by atoms with Crippen LogP contribution in [-0.2, 0) is 27.5 Å². The lowest BCUT2D eigenvalue weighted by molar-refractivity contribution is -0.137. The lowest BCUT2D eigenvalue weighted by atomic mass is 10.0. The molecule has 4 rings (SSSR count). The third-order valence-corrected chi connectivity index (χ3v) is 6.76. The summed E-state index contributed by atoms with van der Waals surface area (Å²) in [4.78, 5) is 49.3. The zero-order chi connectivity index (χ0) is 29.4. The second-order valence-electron chi connectivity index (χ2n) is 10.2. The Hall–Kier alpha value is -4.42. The number of hydrogen-bond acceptors (Lipinski definition) is 9. The summed E-state index contributed by atoms with van der Waals surface area (Å²) in [6, 6.07) is 4.59. The molecular formula is C28H37N7O6. The number of carbonyl (C=O) groups excluding carboxylic acids is 3. The van der Waals surface area contributed by atoms with E-state index in [4.69, 9.17) is 13.9 Å². The molecule has 0 spiro atoms. The van der Waals surface area contributed by atoms with Gasteiger partial charge < -0.3 is 29.4 Å². The van der Waals surface area contributed by atoms with Gasteiger partial charge in [0.15, 0.2) is 11.5 Å². The number of nitrogens with zero attached hydrogens (tertiary/aromatic N) is 5. The molecule has 2 N–H and O–H groups in total. The molecule has 0 unspecified atom stereocenters. The van der Waals surface area contributed by atoms with Crippen LogP contribution in [0.25, 0.3) is 11.5 Å². The van der Waals surface area contributed by atoms with E-state index in [1.165, 1.54) is 11.2 Å². The fourth-order valence-corrected chi connectivity index (χ4v) is 4.47. The van der Waals surface area contributed by atoms with Gasteiger partial charge in [-0.3, -0.25) is 19.1 Å². The van der Waals surface area contributed by atoms with Crippen molar-refractivity contribution in [3.63, 3.8) is 0 Å². The Morgan fingerprint density at radius 2 is 2.10 bits per heavy atom. The van der Waals surface area contributed by atoms with Crippen LogP contribution in [0, 0.1) is 12.8 Å². The van der Waals surface area contributed by atoms with Gasteiger partial charge in [-0.05, 0) is 43.9 Å². The maximum absolute atomic E-state index is 13.2. The molecule has 2 aromatic heterocycles. The molecule has 13 heteroatoms. The van der Waals surface area contributed by atoms with Gasteiger partial charge in [0.25, 0.3) is 0 Å². The minimum atomic E-state index is -0.787. The Labute approximate surface area is 238 Å². The van der Waals surface area contributed by atoms with Crippen molar-refractivity contribution in [2.45, 2.75) is 59.2 Å². The second kappa shape index (κ2) is 13.8. The third kappa shape index (κ3) is 7.83. The molecule has 1 aliphatic rings. The summed E-state index contributed by atoms with van der Waals surface area (Å²) in [6.07, 6.45) is 4.27. The third-order valence-electron chi connectivity index (χ3n) is 6.76. The van der Waals surface area contributed by atoms with Crippen molar-refractivity contribution in [2.75, 3.05) is 26.8 Å². The Balaban J connectivity index is 1.55. The van der Waals surface area contributed by atoms with Crippen LogP contribution in [0.5, 0.6) is 11.5 Å². The van der Waals surface area contributed by atoms with Crippen LogP contribution in [0.4, 0.5) is 0 Å². The van der Waals surface area contributed by atoms with Gasteiger partial charge >= 0.3 is 0 Å². The lowest BCUT2D eigenvalue weighted by Gasteiger charge is -2.26. The van der Waals surface area contributed by atoms with E-state index in [1.54, 1.807) is 37.2 Å². The fourth-order valence-electron chi connectivity index (χ4n) is 4.47. The van der Waals surface area contributed by atoms with Crippen LogP contribution < -0.4 is 20.1 Å². The van der Waals surface area contributed by atoms with E-state index in [9.17, 15) is 14.4 Å².